The number of benzene rings is 2. The van der Waals surface area contributed by atoms with E-state index in [1.807, 2.05) is 0 Å². The van der Waals surface area contributed by atoms with Crippen LogP contribution >= 0.6 is 28.3 Å². The van der Waals surface area contributed by atoms with Crippen LogP contribution in [0.15, 0.2) is 66.4 Å². The van der Waals surface area contributed by atoms with Crippen LogP contribution in [0.4, 0.5) is 39.4 Å². The highest BCUT2D eigenvalue weighted by Crippen LogP contribution is 2.37. The minimum atomic E-state index is -4.73. The van der Waals surface area contributed by atoms with Crippen molar-refractivity contribution < 1.29 is 22.4 Å². The van der Waals surface area contributed by atoms with Crippen LogP contribution in [-0.2, 0) is 6.18 Å². The lowest BCUT2D eigenvalue weighted by Crippen LogP contribution is -2.45. The van der Waals surface area contributed by atoms with Crippen LogP contribution in [0.5, 0.6) is 0 Å². The number of para-hydroxylation sites is 1. The predicted octanol–water partition coefficient (Wildman–Crippen LogP) is 6.07. The molecule has 2 heterocycles. The van der Waals surface area contributed by atoms with E-state index in [0.717, 1.165) is 9.91 Å². The molecule has 2 amide bonds. The van der Waals surface area contributed by atoms with Crippen molar-refractivity contribution >= 4 is 61.6 Å². The summed E-state index contributed by atoms with van der Waals surface area (Å²) in [5.74, 6) is 5.03. The zero-order valence-electron chi connectivity index (χ0n) is 16.0. The standard InChI is InChI=1S/C20H13F4N5OS.BrH/c21-15-7-6-12(20(22,23)24)8-16(15)28(13-4-2-1-3-5-13)19(30)29(25)17-10-31-18-14(17)9-26-11-27-18;/h1-11H,25H2;1H. The molecule has 2 aromatic heterocycles. The van der Waals surface area contributed by atoms with Crippen LogP contribution in [0.1, 0.15) is 5.56 Å². The highest BCUT2D eigenvalue weighted by atomic mass is 79.9. The molecule has 0 radical (unpaired) electrons. The topological polar surface area (TPSA) is 75.3 Å². The molecule has 0 aliphatic carbocycles. The molecule has 4 aromatic rings. The molecule has 0 atom stereocenters. The lowest BCUT2D eigenvalue weighted by molar-refractivity contribution is -0.137. The molecular weight excluding hydrogens is 514 g/mol. The van der Waals surface area contributed by atoms with Gasteiger partial charge in [0.15, 0.2) is 0 Å². The van der Waals surface area contributed by atoms with Gasteiger partial charge in [-0.2, -0.15) is 13.2 Å². The van der Waals surface area contributed by atoms with Gasteiger partial charge in [0, 0.05) is 11.6 Å². The second kappa shape index (κ2) is 9.18. The SMILES string of the molecule is Br.NN(C(=O)N(c1ccccc1)c1cc(C(F)(F)F)ccc1F)c1csc2ncncc12. The number of halogens is 5. The Kier molecular flexibility index (Phi) is 6.77. The number of hydrazine groups is 1. The number of hydrogen-bond donors (Lipinski definition) is 1. The third-order valence-electron chi connectivity index (χ3n) is 4.42. The number of aromatic nitrogens is 2. The maximum atomic E-state index is 14.7. The van der Waals surface area contributed by atoms with E-state index in [-0.39, 0.29) is 28.4 Å². The Morgan fingerprint density at radius 3 is 2.47 bits per heavy atom. The second-order valence-electron chi connectivity index (χ2n) is 6.35. The maximum absolute atomic E-state index is 14.7. The zero-order valence-corrected chi connectivity index (χ0v) is 18.5. The molecule has 0 saturated carbocycles. The van der Waals surface area contributed by atoms with Crippen LogP contribution < -0.4 is 15.8 Å². The number of fused-ring (bicyclic) bond motifs is 1. The number of nitrogens with zero attached hydrogens (tertiary/aromatic N) is 4. The first-order valence-corrected chi connectivity index (χ1v) is 9.63. The average Bonchev–Trinajstić information content (AvgIpc) is 3.18. The summed E-state index contributed by atoms with van der Waals surface area (Å²) in [5.41, 5.74) is -1.32. The first-order chi connectivity index (χ1) is 14.8. The monoisotopic (exact) mass is 527 g/mol. The number of carbonyl (C=O) groups is 1. The Bertz CT molecular complexity index is 1250. The summed E-state index contributed by atoms with van der Waals surface area (Å²) < 4.78 is 54.4. The summed E-state index contributed by atoms with van der Waals surface area (Å²) >= 11 is 1.21. The van der Waals surface area contributed by atoms with Crippen LogP contribution in [-0.4, -0.2) is 16.0 Å². The van der Waals surface area contributed by atoms with Crippen molar-refractivity contribution in [3.05, 3.63) is 77.8 Å². The Morgan fingerprint density at radius 2 is 1.78 bits per heavy atom. The third kappa shape index (κ3) is 4.42. The number of nitrogens with two attached hydrogens (primary N) is 1. The van der Waals surface area contributed by atoms with E-state index in [1.54, 1.807) is 23.6 Å². The summed E-state index contributed by atoms with van der Waals surface area (Å²) in [6, 6.07) is 8.58. The minimum absolute atomic E-state index is 0. The summed E-state index contributed by atoms with van der Waals surface area (Å²) in [5, 5.41) is 2.76. The van der Waals surface area contributed by atoms with Gasteiger partial charge >= 0.3 is 12.2 Å². The molecule has 166 valence electrons. The minimum Gasteiger partial charge on any atom is -0.259 e. The molecule has 0 aliphatic rings. The van der Waals surface area contributed by atoms with Crippen LogP contribution in [0.2, 0.25) is 0 Å². The highest BCUT2D eigenvalue weighted by molar-refractivity contribution is 8.93. The fourth-order valence-electron chi connectivity index (χ4n) is 2.95. The maximum Gasteiger partial charge on any atom is 0.416 e. The molecule has 0 aliphatic heterocycles. The summed E-state index contributed by atoms with van der Waals surface area (Å²) in [4.78, 5) is 22.7. The Morgan fingerprint density at radius 1 is 1.06 bits per heavy atom. The molecule has 12 heteroatoms. The van der Waals surface area contributed by atoms with E-state index >= 15 is 0 Å². The third-order valence-corrected chi connectivity index (χ3v) is 5.31. The Hall–Kier alpha value is -3.09. The number of thiophene rings is 1. The van der Waals surface area contributed by atoms with Crippen molar-refractivity contribution in [3.63, 3.8) is 0 Å². The molecule has 0 saturated heterocycles. The quantitative estimate of drug-likeness (QED) is 0.152. The first kappa shape index (κ1) is 23.6. The van der Waals surface area contributed by atoms with Crippen LogP contribution in [0.25, 0.3) is 10.2 Å². The van der Waals surface area contributed by atoms with Gasteiger partial charge in [-0.3, -0.25) is 4.90 Å². The fraction of sp³-hybridized carbons (Fsp3) is 0.0500. The second-order valence-corrected chi connectivity index (χ2v) is 7.21. The van der Waals surface area contributed by atoms with Crippen LogP contribution in [0, 0.1) is 5.82 Å². The molecule has 0 fully saturated rings. The average molecular weight is 528 g/mol. The molecule has 0 bridgehead atoms. The number of anilines is 3. The smallest absolute Gasteiger partial charge is 0.259 e. The van der Waals surface area contributed by atoms with Gasteiger partial charge in [0.25, 0.3) is 0 Å². The highest BCUT2D eigenvalue weighted by Gasteiger charge is 2.34. The van der Waals surface area contributed by atoms with Crippen LogP contribution in [0.3, 0.4) is 0 Å². The molecule has 0 unspecified atom stereocenters. The number of urea groups is 1. The number of carbonyl (C=O) groups excluding carboxylic acids is 1. The number of hydrogen-bond acceptors (Lipinski definition) is 5. The predicted molar refractivity (Wildman–Crippen MR) is 120 cm³/mol. The molecular formula is C20H14BrF4N5OS. The van der Waals surface area contributed by atoms with Gasteiger partial charge in [-0.15, -0.1) is 28.3 Å². The zero-order chi connectivity index (χ0) is 22.2. The fourth-order valence-corrected chi connectivity index (χ4v) is 3.81. The van der Waals surface area contributed by atoms with Gasteiger partial charge in [0.05, 0.1) is 28.0 Å². The van der Waals surface area contributed by atoms with Crippen molar-refractivity contribution in [2.45, 2.75) is 6.18 Å². The molecule has 4 rings (SSSR count). The Balaban J connectivity index is 0.00000289. The van der Waals surface area contributed by atoms with Gasteiger partial charge in [0.1, 0.15) is 17.0 Å². The molecule has 2 N–H and O–H groups in total. The number of alkyl halides is 3. The summed E-state index contributed by atoms with van der Waals surface area (Å²) in [6.07, 6.45) is -1.93. The lowest BCUT2D eigenvalue weighted by Gasteiger charge is -2.28. The number of amides is 2. The van der Waals surface area contributed by atoms with E-state index in [0.29, 0.717) is 28.4 Å². The van der Waals surface area contributed by atoms with E-state index in [9.17, 15) is 22.4 Å². The van der Waals surface area contributed by atoms with Gasteiger partial charge in [-0.05, 0) is 30.3 Å². The van der Waals surface area contributed by atoms with Crippen molar-refractivity contribution in [1.82, 2.24) is 9.97 Å². The first-order valence-electron chi connectivity index (χ1n) is 8.75. The lowest BCUT2D eigenvalue weighted by atomic mass is 10.1. The van der Waals surface area contributed by atoms with Gasteiger partial charge < -0.3 is 0 Å². The molecule has 6 nitrogen and oxygen atoms in total. The van der Waals surface area contributed by atoms with E-state index in [1.165, 1.54) is 36.0 Å². The van der Waals surface area contributed by atoms with E-state index < -0.39 is 29.3 Å². The Labute approximate surface area is 193 Å². The largest absolute Gasteiger partial charge is 0.416 e. The van der Waals surface area contributed by atoms with Gasteiger partial charge in [-0.25, -0.2) is 30.0 Å². The van der Waals surface area contributed by atoms with Crippen molar-refractivity contribution in [2.75, 3.05) is 9.91 Å². The van der Waals surface area contributed by atoms with Crippen molar-refractivity contribution in [1.29, 1.82) is 0 Å². The summed E-state index contributed by atoms with van der Waals surface area (Å²) in [6.45, 7) is 0. The molecule has 32 heavy (non-hydrogen) atoms. The van der Waals surface area contributed by atoms with Gasteiger partial charge in [-0.1, -0.05) is 18.2 Å². The van der Waals surface area contributed by atoms with E-state index in [4.69, 9.17) is 5.84 Å². The normalized spacial score (nSPS) is 11.2. The summed E-state index contributed by atoms with van der Waals surface area (Å²) in [7, 11) is 0. The number of rotatable bonds is 3. The molecule has 0 spiro atoms. The molecule has 2 aromatic carbocycles. The van der Waals surface area contributed by atoms with E-state index in [2.05, 4.69) is 9.97 Å². The van der Waals surface area contributed by atoms with Gasteiger partial charge in [0.2, 0.25) is 0 Å². The van der Waals surface area contributed by atoms with Crippen molar-refractivity contribution in [3.8, 4) is 0 Å². The van der Waals surface area contributed by atoms with Crippen molar-refractivity contribution in [2.24, 2.45) is 5.84 Å².